The average molecular weight is 322 g/mol. The molecule has 2 rings (SSSR count). The molecule has 3 nitrogen and oxygen atoms in total. The van der Waals surface area contributed by atoms with Crippen LogP contribution in [0, 0.1) is 5.92 Å². The third-order valence-corrected chi connectivity index (χ3v) is 4.01. The Balaban J connectivity index is 2.24. The second-order valence-electron chi connectivity index (χ2n) is 3.31. The van der Waals surface area contributed by atoms with E-state index in [4.69, 9.17) is 0 Å². The van der Waals surface area contributed by atoms with Crippen LogP contribution < -0.4 is 0 Å². The highest BCUT2D eigenvalue weighted by atomic mass is 127. The van der Waals surface area contributed by atoms with Gasteiger partial charge in [0.2, 0.25) is 0 Å². The number of alkyl halides is 4. The minimum absolute atomic E-state index is 0.142. The van der Waals surface area contributed by atoms with Crippen molar-refractivity contribution in [3.63, 3.8) is 0 Å². The lowest BCUT2D eigenvalue weighted by Gasteiger charge is -2.22. The number of ether oxygens (including phenoxy) is 2. The molecule has 1 aliphatic heterocycles. The first-order valence-corrected chi connectivity index (χ1v) is 5.22. The van der Waals surface area contributed by atoms with Gasteiger partial charge in [-0.1, -0.05) is 22.6 Å². The summed E-state index contributed by atoms with van der Waals surface area (Å²) in [6.07, 6.45) is -6.90. The lowest BCUT2D eigenvalue weighted by molar-refractivity contribution is -0.190. The monoisotopic (exact) mass is 322 g/mol. The Morgan fingerprint density at radius 1 is 1.29 bits per heavy atom. The van der Waals surface area contributed by atoms with Crippen LogP contribution in [0.4, 0.5) is 18.0 Å². The molecule has 1 aliphatic carbocycles. The summed E-state index contributed by atoms with van der Waals surface area (Å²) in [6, 6.07) is 0. The van der Waals surface area contributed by atoms with Gasteiger partial charge >= 0.3 is 12.3 Å². The first-order valence-electron chi connectivity index (χ1n) is 3.97. The Bertz CT molecular complexity index is 267. The molecule has 80 valence electrons. The van der Waals surface area contributed by atoms with Crippen molar-refractivity contribution in [2.45, 2.75) is 28.7 Å². The Morgan fingerprint density at radius 3 is 2.43 bits per heavy atom. The molecule has 0 aromatic heterocycles. The molecule has 2 fully saturated rings. The molecular weight excluding hydrogens is 316 g/mol. The zero-order valence-electron chi connectivity index (χ0n) is 6.75. The molecule has 2 bridgehead atoms. The second-order valence-corrected chi connectivity index (χ2v) is 4.75. The van der Waals surface area contributed by atoms with Crippen LogP contribution in [0.2, 0.25) is 0 Å². The summed E-state index contributed by atoms with van der Waals surface area (Å²) < 4.78 is 46.0. The highest BCUT2D eigenvalue weighted by Gasteiger charge is 2.60. The van der Waals surface area contributed by atoms with Crippen molar-refractivity contribution in [1.82, 2.24) is 0 Å². The fourth-order valence-electron chi connectivity index (χ4n) is 1.84. The third-order valence-electron chi connectivity index (χ3n) is 2.44. The molecule has 14 heavy (non-hydrogen) atoms. The van der Waals surface area contributed by atoms with Crippen molar-refractivity contribution in [3.8, 4) is 0 Å². The van der Waals surface area contributed by atoms with Crippen LogP contribution in [0.15, 0.2) is 0 Å². The van der Waals surface area contributed by atoms with Crippen LogP contribution in [0.1, 0.15) is 6.42 Å². The largest absolute Gasteiger partial charge is 0.508 e. The van der Waals surface area contributed by atoms with Crippen molar-refractivity contribution in [3.05, 3.63) is 0 Å². The van der Waals surface area contributed by atoms with E-state index in [1.165, 1.54) is 0 Å². The smallest absolute Gasteiger partial charge is 0.430 e. The lowest BCUT2D eigenvalue weighted by atomic mass is 10.1. The molecule has 0 radical (unpaired) electrons. The summed E-state index contributed by atoms with van der Waals surface area (Å²) in [6.45, 7) is 0. The van der Waals surface area contributed by atoms with Crippen molar-refractivity contribution < 1.29 is 27.4 Å². The quantitative estimate of drug-likeness (QED) is 0.390. The van der Waals surface area contributed by atoms with Crippen LogP contribution in [-0.2, 0) is 9.47 Å². The van der Waals surface area contributed by atoms with Gasteiger partial charge in [-0.25, -0.2) is 4.79 Å². The van der Waals surface area contributed by atoms with Gasteiger partial charge in [-0.3, -0.25) is 0 Å². The summed E-state index contributed by atoms with van der Waals surface area (Å²) in [5, 5.41) is 0. The number of halogens is 4. The predicted molar refractivity (Wildman–Crippen MR) is 47.1 cm³/mol. The van der Waals surface area contributed by atoms with E-state index in [1.54, 1.807) is 22.6 Å². The zero-order valence-corrected chi connectivity index (χ0v) is 8.91. The highest BCUT2D eigenvalue weighted by molar-refractivity contribution is 14.1. The number of fused-ring (bicyclic) bond motifs is 2. The molecule has 1 heterocycles. The molecule has 0 spiro atoms. The van der Waals surface area contributed by atoms with Gasteiger partial charge in [-0.15, -0.1) is 0 Å². The van der Waals surface area contributed by atoms with E-state index in [0.717, 1.165) is 0 Å². The van der Waals surface area contributed by atoms with Crippen molar-refractivity contribution in [2.24, 2.45) is 5.92 Å². The van der Waals surface area contributed by atoms with E-state index in [0.29, 0.717) is 0 Å². The van der Waals surface area contributed by atoms with Gasteiger partial charge in [0.1, 0.15) is 18.1 Å². The van der Waals surface area contributed by atoms with E-state index in [9.17, 15) is 18.0 Å². The van der Waals surface area contributed by atoms with Gasteiger partial charge in [0.05, 0.1) is 3.92 Å². The SMILES string of the molecule is O=C1OC2CC(O1)C(C(F)(F)F)C2I. The Hall–Kier alpha value is -0.210. The first kappa shape index (κ1) is 10.3. The van der Waals surface area contributed by atoms with Crippen molar-refractivity contribution in [2.75, 3.05) is 0 Å². The van der Waals surface area contributed by atoms with Crippen LogP contribution in [0.5, 0.6) is 0 Å². The number of hydrogen-bond acceptors (Lipinski definition) is 3. The predicted octanol–water partition coefficient (Wildman–Crippen LogP) is 2.28. The van der Waals surface area contributed by atoms with Gasteiger partial charge in [-0.2, -0.15) is 13.2 Å². The molecule has 4 unspecified atom stereocenters. The molecule has 2 aliphatic rings. The summed E-state index contributed by atoms with van der Waals surface area (Å²) in [7, 11) is 0. The van der Waals surface area contributed by atoms with Gasteiger partial charge in [-0.05, 0) is 0 Å². The Labute approximate surface area is 91.1 Å². The molecule has 7 heteroatoms. The topological polar surface area (TPSA) is 35.5 Å². The van der Waals surface area contributed by atoms with Crippen LogP contribution >= 0.6 is 22.6 Å². The molecule has 1 saturated carbocycles. The maximum absolute atomic E-state index is 12.5. The minimum atomic E-state index is -4.33. The van der Waals surface area contributed by atoms with Crippen LogP contribution in [0.25, 0.3) is 0 Å². The maximum Gasteiger partial charge on any atom is 0.508 e. The molecule has 0 aromatic carbocycles. The molecule has 0 aromatic rings. The number of carbonyl (C=O) groups is 1. The fraction of sp³-hybridized carbons (Fsp3) is 0.857. The van der Waals surface area contributed by atoms with Crippen LogP contribution in [0.3, 0.4) is 0 Å². The van der Waals surface area contributed by atoms with Gasteiger partial charge in [0.25, 0.3) is 0 Å². The molecule has 0 amide bonds. The molecule has 0 N–H and O–H groups in total. The minimum Gasteiger partial charge on any atom is -0.430 e. The van der Waals surface area contributed by atoms with Gasteiger partial charge in [0.15, 0.2) is 0 Å². The van der Waals surface area contributed by atoms with Gasteiger partial charge < -0.3 is 9.47 Å². The maximum atomic E-state index is 12.5. The van der Waals surface area contributed by atoms with E-state index in [-0.39, 0.29) is 6.42 Å². The summed E-state index contributed by atoms with van der Waals surface area (Å²) in [4.78, 5) is 10.7. The molecule has 4 atom stereocenters. The highest BCUT2D eigenvalue weighted by Crippen LogP contribution is 2.47. The number of hydrogen-bond donors (Lipinski definition) is 0. The fourth-order valence-corrected chi connectivity index (χ4v) is 3.15. The van der Waals surface area contributed by atoms with Crippen molar-refractivity contribution in [1.29, 1.82) is 0 Å². The van der Waals surface area contributed by atoms with Crippen molar-refractivity contribution >= 4 is 28.7 Å². The van der Waals surface area contributed by atoms with Gasteiger partial charge in [0, 0.05) is 6.42 Å². The third kappa shape index (κ3) is 1.55. The molecule has 1 saturated heterocycles. The summed E-state index contributed by atoms with van der Waals surface area (Å²) in [5.41, 5.74) is 0. The molecular formula is C7H6F3IO3. The first-order chi connectivity index (χ1) is 6.39. The second kappa shape index (κ2) is 3.14. The Kier molecular flexibility index (Phi) is 2.31. The number of rotatable bonds is 0. The van der Waals surface area contributed by atoms with E-state index in [2.05, 4.69) is 9.47 Å². The number of carbonyl (C=O) groups excluding carboxylic acids is 1. The van der Waals surface area contributed by atoms with E-state index in [1.807, 2.05) is 0 Å². The summed E-state index contributed by atoms with van der Waals surface area (Å²) >= 11 is 1.67. The standard InChI is InChI=1S/C7H6F3IO3/c8-7(9,10)4-2-1-3(5(4)11)14-6(12)13-2/h2-5H,1H2. The van der Waals surface area contributed by atoms with E-state index >= 15 is 0 Å². The normalized spacial score (nSPS) is 41.9. The zero-order chi connectivity index (χ0) is 10.5. The summed E-state index contributed by atoms with van der Waals surface area (Å²) in [5.74, 6) is -1.60. The van der Waals surface area contributed by atoms with Crippen LogP contribution in [-0.4, -0.2) is 28.5 Å². The average Bonchev–Trinajstić information content (AvgIpc) is 2.21. The lowest BCUT2D eigenvalue weighted by Crippen LogP contribution is -2.36. The van der Waals surface area contributed by atoms with E-state index < -0.39 is 34.4 Å². The Morgan fingerprint density at radius 2 is 1.86 bits per heavy atom.